The Morgan fingerprint density at radius 2 is 0.444 bits per heavy atom. The topological polar surface area (TPSA) is 6.48 Å². The van der Waals surface area contributed by atoms with Crippen LogP contribution in [-0.2, 0) is 0 Å². The van der Waals surface area contributed by atoms with Crippen LogP contribution < -0.4 is 9.80 Å². The predicted molar refractivity (Wildman–Crippen MR) is 261 cm³/mol. The number of anilines is 6. The maximum Gasteiger partial charge on any atom is 2.00 e. The van der Waals surface area contributed by atoms with Crippen molar-refractivity contribution in [2.75, 3.05) is 9.80 Å². The third-order valence-corrected chi connectivity index (χ3v) is 11.3. The first-order valence-corrected chi connectivity index (χ1v) is 21.0. The minimum absolute atomic E-state index is 0. The second-order valence-corrected chi connectivity index (χ2v) is 15.2. The van der Waals surface area contributed by atoms with E-state index in [-0.39, 0.29) is 31.1 Å². The van der Waals surface area contributed by atoms with Crippen LogP contribution in [0.5, 0.6) is 0 Å². The van der Waals surface area contributed by atoms with Gasteiger partial charge in [-0.2, -0.15) is 36.4 Å². The van der Waals surface area contributed by atoms with E-state index in [2.05, 4.69) is 265 Å². The molecular weight excluding hydrogens is 987 g/mol. The predicted octanol–water partition coefficient (Wildman–Crippen LogP) is 16.6. The van der Waals surface area contributed by atoms with Crippen LogP contribution in [0.2, 0.25) is 0 Å². The molecule has 0 bridgehead atoms. The second kappa shape index (κ2) is 19.3. The minimum atomic E-state index is 0. The van der Waals surface area contributed by atoms with E-state index in [0.29, 0.717) is 0 Å². The quantitative estimate of drug-likeness (QED) is 0.119. The fourth-order valence-corrected chi connectivity index (χ4v) is 8.13. The Balaban J connectivity index is 0.00000504. The van der Waals surface area contributed by atoms with Gasteiger partial charge in [0.15, 0.2) is 0 Å². The molecule has 2 nitrogen and oxygen atoms in total. The summed E-state index contributed by atoms with van der Waals surface area (Å²) in [6.45, 7) is 0. The number of nitrogens with zero attached hydrogens (tertiary/aromatic N) is 2. The SMILES string of the molecule is [U+2].[c-]1ccc(N(c2ccc(-c3ccccc3)cc2)c2ccc(-c3ccccc3)cc2)cc1-c1[c-]ccc(N(c2ccc(-c3ccccc3)cc2)c2ccc(-c3ccccc3)cc2)c1. The van der Waals surface area contributed by atoms with Gasteiger partial charge in [-0.25, -0.2) is 11.1 Å². The molecule has 3 heteroatoms. The Kier molecular flexibility index (Phi) is 12.6. The van der Waals surface area contributed by atoms with Crippen LogP contribution in [-0.4, -0.2) is 0 Å². The van der Waals surface area contributed by atoms with Crippen molar-refractivity contribution in [3.63, 3.8) is 0 Å². The second-order valence-electron chi connectivity index (χ2n) is 15.2. The molecule has 0 N–H and O–H groups in total. The Morgan fingerprint density at radius 3 is 0.683 bits per heavy atom. The van der Waals surface area contributed by atoms with Crippen LogP contribution >= 0.6 is 0 Å². The first-order chi connectivity index (χ1) is 30.7. The van der Waals surface area contributed by atoms with Gasteiger partial charge in [-0.3, -0.25) is 0 Å². The molecule has 296 valence electrons. The van der Waals surface area contributed by atoms with Crippen LogP contribution in [0, 0.1) is 43.2 Å². The van der Waals surface area contributed by atoms with Crippen LogP contribution in [0.25, 0.3) is 55.6 Å². The fourth-order valence-electron chi connectivity index (χ4n) is 8.13. The van der Waals surface area contributed by atoms with Crippen molar-refractivity contribution in [1.82, 2.24) is 0 Å². The average Bonchev–Trinajstić information content (AvgIpc) is 3.36. The summed E-state index contributed by atoms with van der Waals surface area (Å²) in [6, 6.07) is 97.3. The van der Waals surface area contributed by atoms with Crippen LogP contribution in [0.4, 0.5) is 34.1 Å². The standard InChI is InChI=1S/C60H42N2.U/c1-5-15-45(16-6-1)49-27-35-55(36-28-49)61(56-37-29-50(30-38-56)46-17-7-2-8-18-46)59-25-13-23-53(43-59)54-24-14-26-60(44-54)62(57-39-31-51(32-40-57)47-19-9-3-10-20-47)58-41-33-52(34-42-58)48-21-11-4-12-22-48;/h1-22,25-44H;/q-2;+2. The summed E-state index contributed by atoms with van der Waals surface area (Å²) >= 11 is 0. The molecule has 63 heavy (non-hydrogen) atoms. The molecule has 0 aliphatic rings. The third-order valence-electron chi connectivity index (χ3n) is 11.3. The molecule has 0 fully saturated rings. The van der Waals surface area contributed by atoms with Gasteiger partial charge in [-0.1, -0.05) is 170 Å². The molecule has 10 rings (SSSR count). The summed E-state index contributed by atoms with van der Waals surface area (Å²) < 4.78 is 0. The van der Waals surface area contributed by atoms with E-state index >= 15 is 0 Å². The van der Waals surface area contributed by atoms with Gasteiger partial charge in [-0.15, -0.1) is 12.1 Å². The van der Waals surface area contributed by atoms with Crippen molar-refractivity contribution < 1.29 is 31.1 Å². The first-order valence-electron chi connectivity index (χ1n) is 21.0. The molecule has 0 aliphatic heterocycles. The fraction of sp³-hybridized carbons (Fsp3) is 0. The van der Waals surface area contributed by atoms with E-state index in [0.717, 1.165) is 45.3 Å². The van der Waals surface area contributed by atoms with Gasteiger partial charge >= 0.3 is 31.1 Å². The maximum atomic E-state index is 3.56. The molecule has 10 aromatic carbocycles. The molecule has 0 radical (unpaired) electrons. The third kappa shape index (κ3) is 9.23. The maximum absolute atomic E-state index is 3.56. The molecule has 0 saturated heterocycles. The van der Waals surface area contributed by atoms with Crippen molar-refractivity contribution in [2.45, 2.75) is 0 Å². The summed E-state index contributed by atoms with van der Waals surface area (Å²) in [7, 11) is 0. The zero-order valence-corrected chi connectivity index (χ0v) is 38.8. The molecule has 0 atom stereocenters. The van der Waals surface area contributed by atoms with Crippen molar-refractivity contribution >= 4 is 34.1 Å². The molecule has 0 aliphatic carbocycles. The Hall–Kier alpha value is -7.15. The van der Waals surface area contributed by atoms with E-state index in [9.17, 15) is 0 Å². The van der Waals surface area contributed by atoms with Gasteiger partial charge in [0.2, 0.25) is 0 Å². The van der Waals surface area contributed by atoms with E-state index < -0.39 is 0 Å². The molecule has 10 aromatic rings. The van der Waals surface area contributed by atoms with Gasteiger partial charge < -0.3 is 9.80 Å². The first kappa shape index (κ1) is 41.2. The Morgan fingerprint density at radius 1 is 0.222 bits per heavy atom. The molecule has 0 heterocycles. The number of rotatable bonds is 11. The Labute approximate surface area is 394 Å². The summed E-state index contributed by atoms with van der Waals surface area (Å²) in [5.74, 6) is 0. The molecule has 0 unspecified atom stereocenters. The van der Waals surface area contributed by atoms with Gasteiger partial charge in [0, 0.05) is 22.7 Å². The molecule has 0 spiro atoms. The molecule has 0 aromatic heterocycles. The normalized spacial score (nSPS) is 10.7. The van der Waals surface area contributed by atoms with E-state index in [1.54, 1.807) is 0 Å². The molecular formula is C60H42N2U. The van der Waals surface area contributed by atoms with Gasteiger partial charge in [-0.05, 0) is 104 Å². The van der Waals surface area contributed by atoms with Crippen LogP contribution in [0.1, 0.15) is 0 Å². The van der Waals surface area contributed by atoms with Crippen LogP contribution in [0.15, 0.2) is 255 Å². The summed E-state index contributed by atoms with van der Waals surface area (Å²) in [5, 5.41) is 0. The van der Waals surface area contributed by atoms with E-state index in [1.165, 1.54) is 44.5 Å². The summed E-state index contributed by atoms with van der Waals surface area (Å²) in [4.78, 5) is 4.64. The van der Waals surface area contributed by atoms with Gasteiger partial charge in [0.25, 0.3) is 0 Å². The van der Waals surface area contributed by atoms with E-state index in [4.69, 9.17) is 0 Å². The zero-order chi connectivity index (χ0) is 41.5. The van der Waals surface area contributed by atoms with Gasteiger partial charge in [0.1, 0.15) is 0 Å². The van der Waals surface area contributed by atoms with Crippen molar-refractivity contribution in [3.8, 4) is 55.6 Å². The van der Waals surface area contributed by atoms with E-state index in [1.807, 2.05) is 12.1 Å². The minimum Gasteiger partial charge on any atom is -0.329 e. The summed E-state index contributed by atoms with van der Waals surface area (Å²) in [5.41, 5.74) is 17.7. The number of hydrogen-bond acceptors (Lipinski definition) is 2. The molecule has 0 amide bonds. The Bertz CT molecular complexity index is 2630. The number of hydrogen-bond donors (Lipinski definition) is 0. The molecule has 0 saturated carbocycles. The largest absolute Gasteiger partial charge is 2.00 e. The summed E-state index contributed by atoms with van der Waals surface area (Å²) in [6.07, 6.45) is 0. The van der Waals surface area contributed by atoms with Crippen molar-refractivity contribution in [3.05, 3.63) is 267 Å². The van der Waals surface area contributed by atoms with Crippen molar-refractivity contribution in [2.24, 2.45) is 0 Å². The monoisotopic (exact) mass is 1030 g/mol. The smallest absolute Gasteiger partial charge is 0.329 e. The van der Waals surface area contributed by atoms with Crippen molar-refractivity contribution in [1.29, 1.82) is 0 Å². The zero-order valence-electron chi connectivity index (χ0n) is 34.6. The number of benzene rings is 10. The van der Waals surface area contributed by atoms with Crippen LogP contribution in [0.3, 0.4) is 0 Å². The average molecular weight is 1030 g/mol. The van der Waals surface area contributed by atoms with Gasteiger partial charge in [0.05, 0.1) is 0 Å².